The van der Waals surface area contributed by atoms with Crippen LogP contribution in [0.4, 0.5) is 11.5 Å². The van der Waals surface area contributed by atoms with Crippen LogP contribution in [0.2, 0.25) is 5.02 Å². The third-order valence-corrected chi connectivity index (χ3v) is 4.82. The molecule has 0 spiro atoms. The molecule has 1 atom stereocenters. The number of aromatic amines is 1. The molecule has 0 aliphatic heterocycles. The Morgan fingerprint density at radius 2 is 2.04 bits per heavy atom. The Labute approximate surface area is 159 Å². The van der Waals surface area contributed by atoms with E-state index in [0.717, 1.165) is 11.8 Å². The van der Waals surface area contributed by atoms with Crippen LogP contribution in [0.5, 0.6) is 5.75 Å². The zero-order valence-electron chi connectivity index (χ0n) is 14.0. The summed E-state index contributed by atoms with van der Waals surface area (Å²) in [4.78, 5) is 15.2. The number of methoxy groups -OCH3 is 1. The molecule has 1 aromatic carbocycles. The monoisotopic (exact) mass is 388 g/mol. The topological polar surface area (TPSA) is 126 Å². The van der Waals surface area contributed by atoms with Gasteiger partial charge in [-0.15, -0.1) is 0 Å². The van der Waals surface area contributed by atoms with Crippen LogP contribution in [0.25, 0.3) is 0 Å². The second-order valence-corrected chi connectivity index (χ2v) is 6.92. The maximum Gasteiger partial charge on any atom is 0.289 e. The number of hydrogen-bond acceptors (Lipinski definition) is 6. The van der Waals surface area contributed by atoms with Gasteiger partial charge in [-0.3, -0.25) is 10.5 Å². The van der Waals surface area contributed by atoms with E-state index in [1.165, 1.54) is 13.2 Å². The molecule has 0 bridgehead atoms. The number of pyridine rings is 1. The van der Waals surface area contributed by atoms with Crippen LogP contribution < -0.4 is 20.8 Å². The molecule has 0 aliphatic rings. The summed E-state index contributed by atoms with van der Waals surface area (Å²) < 4.78 is 5.07. The van der Waals surface area contributed by atoms with Gasteiger partial charge in [-0.25, -0.2) is 4.98 Å². The molecule has 26 heavy (non-hydrogen) atoms. The van der Waals surface area contributed by atoms with E-state index >= 15 is 0 Å². The molecule has 2 aromatic rings. The lowest BCUT2D eigenvalue weighted by Gasteiger charge is -2.12. The number of nitrogens with one attached hydrogen (secondary N) is 2. The summed E-state index contributed by atoms with van der Waals surface area (Å²) >= 11 is 7.18. The quantitative estimate of drug-likeness (QED) is 0.758. The second-order valence-electron chi connectivity index (χ2n) is 5.16. The van der Waals surface area contributed by atoms with Crippen molar-refractivity contribution in [3.05, 3.63) is 40.4 Å². The van der Waals surface area contributed by atoms with Crippen molar-refractivity contribution in [3.8, 4) is 17.9 Å². The van der Waals surface area contributed by atoms with Crippen molar-refractivity contribution in [2.45, 2.75) is 17.2 Å². The predicted molar refractivity (Wildman–Crippen MR) is 98.8 cm³/mol. The third-order valence-electron chi connectivity index (χ3n) is 3.40. The lowest BCUT2D eigenvalue weighted by molar-refractivity contribution is -0.410. The average Bonchev–Trinajstić information content (AvgIpc) is 2.62. The molecular formula is C17H15ClN5O2S+. The van der Waals surface area contributed by atoms with Gasteiger partial charge in [0.1, 0.15) is 29.0 Å². The first-order valence-corrected chi connectivity index (χ1v) is 8.62. The molecule has 0 saturated heterocycles. The molecular weight excluding hydrogens is 374 g/mol. The Bertz CT molecular complexity index is 936. The van der Waals surface area contributed by atoms with Crippen molar-refractivity contribution in [1.82, 2.24) is 0 Å². The number of benzene rings is 1. The summed E-state index contributed by atoms with van der Waals surface area (Å²) in [5.74, 6) is 0.369. The summed E-state index contributed by atoms with van der Waals surface area (Å²) in [5.41, 5.74) is 6.69. The Morgan fingerprint density at radius 3 is 2.62 bits per heavy atom. The zero-order chi connectivity index (χ0) is 19.3. The number of nitrogen functional groups attached to an aromatic ring is 1. The maximum absolute atomic E-state index is 12.4. The molecule has 2 rings (SSSR count). The van der Waals surface area contributed by atoms with Crippen LogP contribution in [0.15, 0.2) is 29.3 Å². The van der Waals surface area contributed by atoms with E-state index in [0.29, 0.717) is 21.5 Å². The van der Waals surface area contributed by atoms with Crippen LogP contribution in [0.1, 0.15) is 18.1 Å². The van der Waals surface area contributed by atoms with E-state index in [1.54, 1.807) is 25.1 Å². The molecule has 132 valence electrons. The number of aromatic nitrogens is 1. The van der Waals surface area contributed by atoms with E-state index in [4.69, 9.17) is 27.3 Å². The fourth-order valence-corrected chi connectivity index (χ4v) is 3.21. The van der Waals surface area contributed by atoms with Gasteiger partial charge in [-0.05, 0) is 31.2 Å². The summed E-state index contributed by atoms with van der Waals surface area (Å²) in [6.45, 7) is 1.69. The van der Waals surface area contributed by atoms with Gasteiger partial charge in [0.25, 0.3) is 5.82 Å². The normalized spacial score (nSPS) is 11.1. The third kappa shape index (κ3) is 4.37. The SMILES string of the molecule is COc1ccc(NC(=O)[C@@H](C)Sc2[nH+]c(N)c(C#N)cc2C#N)cc1Cl. The molecule has 7 nitrogen and oxygen atoms in total. The number of carbonyl (C=O) groups is 1. The summed E-state index contributed by atoms with van der Waals surface area (Å²) in [5, 5.41) is 21.2. The molecule has 0 aliphatic carbocycles. The standard InChI is InChI=1S/C17H14ClN5O2S/c1-9(16(24)22-12-3-4-14(25-2)13(18)6-12)26-17-11(8-20)5-10(7-19)15(21)23-17/h3-6,9H,1-2H3,(H2,21,23)(H,22,24)/p+1/t9-/m1/s1. The second kappa shape index (κ2) is 8.43. The number of rotatable bonds is 5. The first-order chi connectivity index (χ1) is 12.4. The van der Waals surface area contributed by atoms with Crippen LogP contribution >= 0.6 is 23.4 Å². The number of nitriles is 2. The molecule has 9 heteroatoms. The van der Waals surface area contributed by atoms with E-state index in [-0.39, 0.29) is 22.9 Å². The number of halogens is 1. The zero-order valence-corrected chi connectivity index (χ0v) is 15.5. The lowest BCUT2D eigenvalue weighted by atomic mass is 10.2. The first-order valence-electron chi connectivity index (χ1n) is 7.36. The van der Waals surface area contributed by atoms with Gasteiger partial charge in [0.2, 0.25) is 5.91 Å². The largest absolute Gasteiger partial charge is 0.495 e. The fraction of sp³-hybridized carbons (Fsp3) is 0.176. The highest BCUT2D eigenvalue weighted by atomic mass is 35.5. The van der Waals surface area contributed by atoms with Crippen molar-refractivity contribution >= 4 is 40.8 Å². The van der Waals surface area contributed by atoms with Gasteiger partial charge in [0.15, 0.2) is 5.03 Å². The smallest absolute Gasteiger partial charge is 0.289 e. The van der Waals surface area contributed by atoms with Crippen LogP contribution in [-0.4, -0.2) is 18.3 Å². The number of carbonyl (C=O) groups excluding carboxylic acids is 1. The Balaban J connectivity index is 2.15. The number of anilines is 2. The highest BCUT2D eigenvalue weighted by Gasteiger charge is 2.21. The summed E-state index contributed by atoms with van der Waals surface area (Å²) in [6, 6.07) is 10.2. The Kier molecular flexibility index (Phi) is 6.29. The lowest BCUT2D eigenvalue weighted by Crippen LogP contribution is -2.25. The summed E-state index contributed by atoms with van der Waals surface area (Å²) in [7, 11) is 1.50. The number of hydrogen-bond donors (Lipinski definition) is 2. The number of H-pyrrole nitrogens is 1. The molecule has 0 fully saturated rings. The molecule has 4 N–H and O–H groups in total. The molecule has 1 amide bonds. The number of nitrogens with two attached hydrogens (primary N) is 1. The highest BCUT2D eigenvalue weighted by Crippen LogP contribution is 2.29. The average molecular weight is 389 g/mol. The van der Waals surface area contributed by atoms with Crippen LogP contribution in [-0.2, 0) is 4.79 Å². The molecule has 0 unspecified atom stereocenters. The molecule has 0 radical (unpaired) electrons. The highest BCUT2D eigenvalue weighted by molar-refractivity contribution is 8.00. The molecule has 0 saturated carbocycles. The van der Waals surface area contributed by atoms with Gasteiger partial charge in [0.05, 0.1) is 17.4 Å². The van der Waals surface area contributed by atoms with E-state index < -0.39 is 5.25 Å². The van der Waals surface area contributed by atoms with E-state index in [9.17, 15) is 10.1 Å². The Hall–Kier alpha value is -2.94. The number of nitrogens with zero attached hydrogens (tertiary/aromatic N) is 2. The fourth-order valence-electron chi connectivity index (χ4n) is 2.03. The van der Waals surface area contributed by atoms with Crippen molar-refractivity contribution in [3.63, 3.8) is 0 Å². The minimum atomic E-state index is -0.536. The van der Waals surface area contributed by atoms with E-state index in [1.807, 2.05) is 12.1 Å². The van der Waals surface area contributed by atoms with Gasteiger partial charge in [-0.1, -0.05) is 23.4 Å². The predicted octanol–water partition coefficient (Wildman–Crippen LogP) is 2.61. The minimum Gasteiger partial charge on any atom is -0.495 e. The van der Waals surface area contributed by atoms with Crippen molar-refractivity contribution in [1.29, 1.82) is 10.5 Å². The molecule has 1 heterocycles. The van der Waals surface area contributed by atoms with Crippen LogP contribution in [0, 0.1) is 22.7 Å². The Morgan fingerprint density at radius 1 is 1.35 bits per heavy atom. The number of thioether (sulfide) groups is 1. The van der Waals surface area contributed by atoms with Gasteiger partial charge in [0, 0.05) is 5.69 Å². The minimum absolute atomic E-state index is 0.142. The first kappa shape index (κ1) is 19.4. The van der Waals surface area contributed by atoms with E-state index in [2.05, 4.69) is 10.3 Å². The summed E-state index contributed by atoms with van der Waals surface area (Å²) in [6.07, 6.45) is 0. The number of amides is 1. The van der Waals surface area contributed by atoms with Crippen molar-refractivity contribution < 1.29 is 14.5 Å². The van der Waals surface area contributed by atoms with Crippen molar-refractivity contribution in [2.24, 2.45) is 0 Å². The van der Waals surface area contributed by atoms with Crippen molar-refractivity contribution in [2.75, 3.05) is 18.2 Å². The van der Waals surface area contributed by atoms with Gasteiger partial charge < -0.3 is 10.1 Å². The van der Waals surface area contributed by atoms with Gasteiger partial charge in [-0.2, -0.15) is 10.5 Å². The van der Waals surface area contributed by atoms with Crippen LogP contribution in [0.3, 0.4) is 0 Å². The number of ether oxygens (including phenoxy) is 1. The molecule has 1 aromatic heterocycles. The van der Waals surface area contributed by atoms with Gasteiger partial charge >= 0.3 is 0 Å². The maximum atomic E-state index is 12.4.